The summed E-state index contributed by atoms with van der Waals surface area (Å²) in [6, 6.07) is 13.6. The number of primary amides is 1. The highest BCUT2D eigenvalue weighted by molar-refractivity contribution is 8.15. The standard InChI is InChI=1S/C17H15N3O3S/c18-14(22)9-10-3-1-2-4-13(10)15-16(23)20-17(24-15)19-11-5-7-12(21)8-6-11/h1-8,15,21H,9H2,(H2,18,22)(H,19,20,23). The molecule has 0 radical (unpaired) electrons. The molecule has 0 aromatic heterocycles. The first-order chi connectivity index (χ1) is 11.5. The van der Waals surface area contributed by atoms with Crippen molar-refractivity contribution in [2.24, 2.45) is 10.7 Å². The van der Waals surface area contributed by atoms with Gasteiger partial charge in [0, 0.05) is 0 Å². The average Bonchev–Trinajstić information content (AvgIpc) is 2.90. The molecule has 1 aliphatic heterocycles. The number of hydrogen-bond donors (Lipinski definition) is 3. The third-order valence-electron chi connectivity index (χ3n) is 3.48. The number of benzene rings is 2. The van der Waals surface area contributed by atoms with Gasteiger partial charge in [0.15, 0.2) is 5.17 Å². The third kappa shape index (κ3) is 3.57. The number of carbonyl (C=O) groups excluding carboxylic acids is 2. The minimum atomic E-state index is -0.476. The van der Waals surface area contributed by atoms with Crippen LogP contribution >= 0.6 is 11.8 Å². The quantitative estimate of drug-likeness (QED) is 0.791. The zero-order valence-corrected chi connectivity index (χ0v) is 13.4. The molecule has 1 saturated heterocycles. The first-order valence-electron chi connectivity index (χ1n) is 7.24. The van der Waals surface area contributed by atoms with Gasteiger partial charge in [-0.3, -0.25) is 9.59 Å². The van der Waals surface area contributed by atoms with Crippen LogP contribution in [0.2, 0.25) is 0 Å². The molecule has 0 saturated carbocycles. The van der Waals surface area contributed by atoms with E-state index in [1.165, 1.54) is 23.9 Å². The smallest absolute Gasteiger partial charge is 0.244 e. The second-order valence-corrected chi connectivity index (χ2v) is 6.36. The molecule has 1 fully saturated rings. The number of rotatable bonds is 4. The molecule has 4 N–H and O–H groups in total. The first-order valence-corrected chi connectivity index (χ1v) is 8.12. The number of aliphatic imine (C=N–C) groups is 1. The number of amides is 2. The number of nitrogens with two attached hydrogens (primary N) is 1. The molecule has 1 aliphatic rings. The number of phenols is 1. The zero-order valence-electron chi connectivity index (χ0n) is 12.6. The Morgan fingerprint density at radius 1 is 1.21 bits per heavy atom. The monoisotopic (exact) mass is 341 g/mol. The van der Waals surface area contributed by atoms with E-state index in [2.05, 4.69) is 10.3 Å². The molecule has 0 aliphatic carbocycles. The maximum atomic E-state index is 12.3. The van der Waals surface area contributed by atoms with Crippen molar-refractivity contribution in [2.75, 3.05) is 0 Å². The van der Waals surface area contributed by atoms with Gasteiger partial charge < -0.3 is 16.2 Å². The van der Waals surface area contributed by atoms with Crippen molar-refractivity contribution < 1.29 is 14.7 Å². The van der Waals surface area contributed by atoms with E-state index >= 15 is 0 Å². The van der Waals surface area contributed by atoms with Gasteiger partial charge in [0.25, 0.3) is 0 Å². The molecule has 2 aromatic carbocycles. The van der Waals surface area contributed by atoms with Crippen molar-refractivity contribution in [3.05, 3.63) is 59.7 Å². The molecular formula is C17H15N3O3S. The number of carbonyl (C=O) groups is 2. The molecule has 1 atom stereocenters. The first kappa shape index (κ1) is 16.1. The minimum Gasteiger partial charge on any atom is -0.508 e. The van der Waals surface area contributed by atoms with Crippen LogP contribution in [0.5, 0.6) is 5.75 Å². The van der Waals surface area contributed by atoms with Gasteiger partial charge in [0.2, 0.25) is 11.8 Å². The Balaban J connectivity index is 1.85. The van der Waals surface area contributed by atoms with Crippen LogP contribution in [0.4, 0.5) is 5.69 Å². The van der Waals surface area contributed by atoms with E-state index in [0.717, 1.165) is 11.1 Å². The Morgan fingerprint density at radius 3 is 2.62 bits per heavy atom. The molecule has 2 amide bonds. The van der Waals surface area contributed by atoms with Crippen LogP contribution in [0.1, 0.15) is 16.4 Å². The molecular weight excluding hydrogens is 326 g/mol. The maximum absolute atomic E-state index is 12.3. The minimum absolute atomic E-state index is 0.0882. The summed E-state index contributed by atoms with van der Waals surface area (Å²) < 4.78 is 0. The predicted octanol–water partition coefficient (Wildman–Crippen LogP) is 2.01. The van der Waals surface area contributed by atoms with E-state index in [1.54, 1.807) is 18.2 Å². The summed E-state index contributed by atoms with van der Waals surface area (Å²) in [6.45, 7) is 0. The van der Waals surface area contributed by atoms with Crippen molar-refractivity contribution in [3.8, 4) is 5.75 Å². The highest BCUT2D eigenvalue weighted by Gasteiger charge is 2.33. The summed E-state index contributed by atoms with van der Waals surface area (Å²) in [5, 5.41) is 12.0. The van der Waals surface area contributed by atoms with Gasteiger partial charge in [-0.25, -0.2) is 4.99 Å². The number of phenolic OH excluding ortho intramolecular Hbond substituents is 1. The van der Waals surface area contributed by atoms with Crippen LogP contribution in [-0.2, 0) is 16.0 Å². The summed E-state index contributed by atoms with van der Waals surface area (Å²) in [5.74, 6) is -0.474. The number of thioether (sulfide) groups is 1. The van der Waals surface area contributed by atoms with Gasteiger partial charge in [0.1, 0.15) is 11.0 Å². The molecule has 24 heavy (non-hydrogen) atoms. The fourth-order valence-corrected chi connectivity index (χ4v) is 3.47. The largest absolute Gasteiger partial charge is 0.508 e. The lowest BCUT2D eigenvalue weighted by Crippen LogP contribution is -2.22. The van der Waals surface area contributed by atoms with Gasteiger partial charge in [-0.15, -0.1) is 0 Å². The van der Waals surface area contributed by atoms with E-state index in [-0.39, 0.29) is 18.1 Å². The van der Waals surface area contributed by atoms with Gasteiger partial charge in [0.05, 0.1) is 12.1 Å². The molecule has 1 heterocycles. The molecule has 0 spiro atoms. The molecule has 122 valence electrons. The Morgan fingerprint density at radius 2 is 1.92 bits per heavy atom. The number of nitrogens with zero attached hydrogens (tertiary/aromatic N) is 1. The number of hydrogen-bond acceptors (Lipinski definition) is 5. The molecule has 0 bridgehead atoms. The maximum Gasteiger partial charge on any atom is 0.244 e. The Kier molecular flexibility index (Phi) is 4.52. The molecule has 6 nitrogen and oxygen atoms in total. The normalized spacial score (nSPS) is 18.6. The fourth-order valence-electron chi connectivity index (χ4n) is 2.41. The van der Waals surface area contributed by atoms with E-state index in [9.17, 15) is 14.7 Å². The summed E-state index contributed by atoms with van der Waals surface area (Å²) in [7, 11) is 0. The summed E-state index contributed by atoms with van der Waals surface area (Å²) in [4.78, 5) is 27.9. The van der Waals surface area contributed by atoms with Gasteiger partial charge in [-0.05, 0) is 35.4 Å². The zero-order chi connectivity index (χ0) is 17.1. The molecule has 2 aromatic rings. The van der Waals surface area contributed by atoms with Gasteiger partial charge in [-0.2, -0.15) is 0 Å². The van der Waals surface area contributed by atoms with Gasteiger partial charge >= 0.3 is 0 Å². The third-order valence-corrected chi connectivity index (χ3v) is 4.60. The van der Waals surface area contributed by atoms with Crippen molar-refractivity contribution in [3.63, 3.8) is 0 Å². The van der Waals surface area contributed by atoms with Crippen molar-refractivity contribution in [2.45, 2.75) is 11.7 Å². The molecule has 1 unspecified atom stereocenters. The van der Waals surface area contributed by atoms with Crippen molar-refractivity contribution in [1.29, 1.82) is 0 Å². The SMILES string of the molecule is NC(=O)Cc1ccccc1C1S/C(=N/c2ccc(O)cc2)NC1=O. The molecule has 3 rings (SSSR count). The van der Waals surface area contributed by atoms with Crippen LogP contribution in [0, 0.1) is 0 Å². The lowest BCUT2D eigenvalue weighted by atomic mass is 10.0. The average molecular weight is 341 g/mol. The van der Waals surface area contributed by atoms with Gasteiger partial charge in [-0.1, -0.05) is 36.0 Å². The van der Waals surface area contributed by atoms with Crippen LogP contribution in [0.15, 0.2) is 53.5 Å². The van der Waals surface area contributed by atoms with Crippen molar-refractivity contribution >= 4 is 34.4 Å². The van der Waals surface area contributed by atoms with Crippen LogP contribution in [0.3, 0.4) is 0 Å². The number of amidine groups is 1. The number of aromatic hydroxyl groups is 1. The topological polar surface area (TPSA) is 105 Å². The van der Waals surface area contributed by atoms with Crippen molar-refractivity contribution in [1.82, 2.24) is 5.32 Å². The summed E-state index contributed by atoms with van der Waals surface area (Å²) in [5.41, 5.74) is 7.40. The highest BCUT2D eigenvalue weighted by Crippen LogP contribution is 2.37. The summed E-state index contributed by atoms with van der Waals surface area (Å²) >= 11 is 1.29. The fraction of sp³-hybridized carbons (Fsp3) is 0.118. The van der Waals surface area contributed by atoms with Crippen LogP contribution in [0.25, 0.3) is 0 Å². The summed E-state index contributed by atoms with van der Waals surface area (Å²) in [6.07, 6.45) is 0.0882. The predicted molar refractivity (Wildman–Crippen MR) is 93.0 cm³/mol. The Bertz CT molecular complexity index is 818. The Labute approximate surface area is 142 Å². The Hall–Kier alpha value is -2.80. The van der Waals surface area contributed by atoms with Crippen LogP contribution < -0.4 is 11.1 Å². The highest BCUT2D eigenvalue weighted by atomic mass is 32.2. The van der Waals surface area contributed by atoms with Crippen LogP contribution in [-0.4, -0.2) is 22.1 Å². The second kappa shape index (κ2) is 6.76. The second-order valence-electron chi connectivity index (χ2n) is 5.26. The van der Waals surface area contributed by atoms with E-state index in [1.807, 2.05) is 18.2 Å². The molecule has 7 heteroatoms. The van der Waals surface area contributed by atoms with E-state index < -0.39 is 11.2 Å². The van der Waals surface area contributed by atoms with E-state index in [0.29, 0.717) is 10.9 Å². The lowest BCUT2D eigenvalue weighted by molar-refractivity contribution is -0.119. The number of nitrogens with one attached hydrogen (secondary N) is 1. The van der Waals surface area contributed by atoms with E-state index in [4.69, 9.17) is 5.73 Å². The lowest BCUT2D eigenvalue weighted by Gasteiger charge is -2.11.